The standard InChI is InChI=1S/C20H32O9S.Ca.2H/c1-4-7-8-9-12-20(15-28-17(21)10-5-2,16-29-18(22)11-6-3)19(23)27-13-14-30(24,25)26;;;/h5-6,10-11H,4,7-9,12-16H2,1-3H3,(H,24,25,26);;;. The van der Waals surface area contributed by atoms with E-state index in [0.717, 1.165) is 19.3 Å². The number of hydrogen-bond donors (Lipinski definition) is 1. The summed E-state index contributed by atoms with van der Waals surface area (Å²) in [7, 11) is -4.32. The molecule has 0 unspecified atom stereocenters. The zero-order chi connectivity index (χ0) is 23.0. The molecule has 11 heteroatoms. The van der Waals surface area contributed by atoms with E-state index in [4.69, 9.17) is 18.8 Å². The van der Waals surface area contributed by atoms with Crippen LogP contribution in [0.2, 0.25) is 0 Å². The second kappa shape index (κ2) is 17.6. The van der Waals surface area contributed by atoms with Crippen molar-refractivity contribution >= 4 is 65.8 Å². The molecule has 176 valence electrons. The van der Waals surface area contributed by atoms with Crippen molar-refractivity contribution in [3.63, 3.8) is 0 Å². The van der Waals surface area contributed by atoms with Crippen molar-refractivity contribution in [3.8, 4) is 0 Å². The number of allylic oxidation sites excluding steroid dienone is 2. The van der Waals surface area contributed by atoms with E-state index in [1.54, 1.807) is 13.8 Å². The van der Waals surface area contributed by atoms with Gasteiger partial charge in [0.2, 0.25) is 0 Å². The molecule has 9 nitrogen and oxygen atoms in total. The Balaban J connectivity index is 0. The maximum absolute atomic E-state index is 12.8. The molecule has 0 atom stereocenters. The molecule has 0 aliphatic carbocycles. The summed E-state index contributed by atoms with van der Waals surface area (Å²) in [6.07, 6.45) is 8.75. The molecular weight excluding hydrogens is 456 g/mol. The fourth-order valence-electron chi connectivity index (χ4n) is 2.48. The van der Waals surface area contributed by atoms with Crippen molar-refractivity contribution in [3.05, 3.63) is 24.3 Å². The molecule has 0 saturated heterocycles. The van der Waals surface area contributed by atoms with Gasteiger partial charge in [-0.25, -0.2) is 9.59 Å². The van der Waals surface area contributed by atoms with E-state index in [-0.39, 0.29) is 44.2 Å². The van der Waals surface area contributed by atoms with Crippen LogP contribution < -0.4 is 0 Å². The molecule has 0 aromatic carbocycles. The van der Waals surface area contributed by atoms with Crippen molar-refractivity contribution in [2.75, 3.05) is 25.6 Å². The van der Waals surface area contributed by atoms with Gasteiger partial charge in [0.15, 0.2) is 0 Å². The van der Waals surface area contributed by atoms with Crippen LogP contribution in [-0.4, -0.2) is 94.2 Å². The number of ether oxygens (including phenoxy) is 3. The Bertz CT molecular complexity index is 686. The summed E-state index contributed by atoms with van der Waals surface area (Å²) < 4.78 is 46.0. The number of hydrogen-bond acceptors (Lipinski definition) is 8. The van der Waals surface area contributed by atoms with Crippen LogP contribution in [0.25, 0.3) is 0 Å². The zero-order valence-electron chi connectivity index (χ0n) is 17.8. The average Bonchev–Trinajstić information content (AvgIpc) is 2.66. The summed E-state index contributed by atoms with van der Waals surface area (Å²) >= 11 is 0. The first kappa shape index (κ1) is 32.2. The monoisotopic (exact) mass is 490 g/mol. The third-order valence-electron chi connectivity index (χ3n) is 4.10. The number of unbranched alkanes of at least 4 members (excludes halogenated alkanes) is 3. The third kappa shape index (κ3) is 15.5. The van der Waals surface area contributed by atoms with Gasteiger partial charge in [0.25, 0.3) is 10.1 Å². The maximum atomic E-state index is 12.8. The molecule has 0 rings (SSSR count). The van der Waals surface area contributed by atoms with E-state index in [1.165, 1.54) is 24.3 Å². The van der Waals surface area contributed by atoms with Crippen LogP contribution in [0.3, 0.4) is 0 Å². The van der Waals surface area contributed by atoms with Crippen molar-refractivity contribution in [2.45, 2.75) is 52.9 Å². The Labute approximate surface area is 214 Å². The Morgan fingerprint density at radius 2 is 1.42 bits per heavy atom. The Kier molecular flexibility index (Phi) is 18.3. The first-order chi connectivity index (χ1) is 14.1. The van der Waals surface area contributed by atoms with Gasteiger partial charge in [-0.3, -0.25) is 9.35 Å². The molecule has 0 bridgehead atoms. The summed E-state index contributed by atoms with van der Waals surface area (Å²) in [5.41, 5.74) is -1.50. The van der Waals surface area contributed by atoms with Gasteiger partial charge in [0, 0.05) is 12.2 Å². The van der Waals surface area contributed by atoms with Crippen LogP contribution in [0.5, 0.6) is 0 Å². The fraction of sp³-hybridized carbons (Fsp3) is 0.650. The molecule has 31 heavy (non-hydrogen) atoms. The second-order valence-electron chi connectivity index (χ2n) is 6.73. The molecule has 0 aromatic rings. The summed E-state index contributed by atoms with van der Waals surface area (Å²) in [5, 5.41) is 0. The van der Waals surface area contributed by atoms with E-state index in [2.05, 4.69) is 0 Å². The van der Waals surface area contributed by atoms with Gasteiger partial charge in [-0.1, -0.05) is 44.8 Å². The molecule has 1 N–H and O–H groups in total. The van der Waals surface area contributed by atoms with Crippen molar-refractivity contribution < 1.29 is 41.6 Å². The van der Waals surface area contributed by atoms with E-state index in [1.807, 2.05) is 6.92 Å². The van der Waals surface area contributed by atoms with Gasteiger partial charge >= 0.3 is 55.6 Å². The molecular formula is C20H34CaO9S. The van der Waals surface area contributed by atoms with Crippen LogP contribution in [0.4, 0.5) is 0 Å². The van der Waals surface area contributed by atoms with Crippen molar-refractivity contribution in [1.82, 2.24) is 0 Å². The number of carbonyl (C=O) groups excluding carboxylic acids is 3. The zero-order valence-corrected chi connectivity index (χ0v) is 18.6. The molecule has 0 spiro atoms. The van der Waals surface area contributed by atoms with E-state index < -0.39 is 59.0 Å². The number of carbonyl (C=O) groups is 3. The topological polar surface area (TPSA) is 133 Å². The summed E-state index contributed by atoms with van der Waals surface area (Å²) in [6, 6.07) is 0. The molecule has 0 fully saturated rings. The number of esters is 3. The molecule has 0 heterocycles. The normalized spacial score (nSPS) is 13.4. The van der Waals surface area contributed by atoms with Crippen molar-refractivity contribution in [2.24, 2.45) is 5.41 Å². The summed E-state index contributed by atoms with van der Waals surface area (Å²) in [6.45, 7) is 3.88. The fourth-order valence-corrected chi connectivity index (χ4v) is 2.77. The second-order valence-corrected chi connectivity index (χ2v) is 8.30. The van der Waals surface area contributed by atoms with E-state index >= 15 is 0 Å². The Hall–Kier alpha value is -0.940. The Morgan fingerprint density at radius 1 is 0.903 bits per heavy atom. The van der Waals surface area contributed by atoms with Crippen LogP contribution in [-0.2, 0) is 38.7 Å². The Morgan fingerprint density at radius 3 is 1.84 bits per heavy atom. The molecule has 0 aliphatic heterocycles. The van der Waals surface area contributed by atoms with Crippen LogP contribution in [0.1, 0.15) is 52.9 Å². The minimum absolute atomic E-state index is 0. The van der Waals surface area contributed by atoms with Gasteiger partial charge < -0.3 is 14.2 Å². The molecule has 0 saturated carbocycles. The quantitative estimate of drug-likeness (QED) is 0.0909. The third-order valence-corrected chi connectivity index (χ3v) is 4.79. The first-order valence-corrected chi connectivity index (χ1v) is 11.4. The molecule has 0 aliphatic rings. The van der Waals surface area contributed by atoms with Gasteiger partial charge in [0.1, 0.15) is 31.0 Å². The van der Waals surface area contributed by atoms with Gasteiger partial charge in [-0.05, 0) is 20.3 Å². The van der Waals surface area contributed by atoms with E-state index in [9.17, 15) is 22.8 Å². The SMILES string of the molecule is CC=CC(=O)OCC(CCCCCC)(COC(=O)C=CC)C(=O)OCCS(=O)(=O)O.[CaH2]. The van der Waals surface area contributed by atoms with E-state index in [0.29, 0.717) is 6.42 Å². The van der Waals surface area contributed by atoms with Crippen molar-refractivity contribution in [1.29, 1.82) is 0 Å². The predicted octanol–water partition coefficient (Wildman–Crippen LogP) is 1.70. The van der Waals surface area contributed by atoms with Crippen LogP contribution >= 0.6 is 0 Å². The molecule has 0 radical (unpaired) electrons. The summed E-state index contributed by atoms with van der Waals surface area (Å²) in [4.78, 5) is 36.4. The van der Waals surface area contributed by atoms with Crippen LogP contribution in [0.15, 0.2) is 24.3 Å². The van der Waals surface area contributed by atoms with Gasteiger partial charge in [0.05, 0.1) is 0 Å². The van der Waals surface area contributed by atoms with Gasteiger partial charge in [-0.2, -0.15) is 8.42 Å². The molecule has 0 aromatic heterocycles. The predicted molar refractivity (Wildman–Crippen MR) is 119 cm³/mol. The van der Waals surface area contributed by atoms with Gasteiger partial charge in [-0.15, -0.1) is 0 Å². The average molecular weight is 491 g/mol. The van der Waals surface area contributed by atoms with Crippen LogP contribution in [0, 0.1) is 5.41 Å². The summed E-state index contributed by atoms with van der Waals surface area (Å²) in [5.74, 6) is -3.01. The minimum atomic E-state index is -4.32. The number of rotatable bonds is 15. The first-order valence-electron chi connectivity index (χ1n) is 9.81. The molecule has 0 amide bonds.